The van der Waals surface area contributed by atoms with Gasteiger partial charge in [-0.1, -0.05) is 43.7 Å². The topological polar surface area (TPSA) is 52.2 Å². The molecule has 1 saturated heterocycles. The van der Waals surface area contributed by atoms with Crippen molar-refractivity contribution in [2.45, 2.75) is 39.2 Å². The van der Waals surface area contributed by atoms with Crippen LogP contribution in [0.3, 0.4) is 0 Å². The van der Waals surface area contributed by atoms with Gasteiger partial charge in [0.1, 0.15) is 0 Å². The van der Waals surface area contributed by atoms with Crippen molar-refractivity contribution < 1.29 is 4.79 Å². The van der Waals surface area contributed by atoms with E-state index >= 15 is 0 Å². The van der Waals surface area contributed by atoms with Crippen molar-refractivity contribution >= 4 is 5.91 Å². The normalized spacial score (nSPS) is 15.9. The van der Waals surface area contributed by atoms with Crippen LogP contribution in [-0.4, -0.2) is 52.6 Å². The standard InChI is InChI=1S/C21H30N4O/c1-3-7-20-19(14-22-23-20)21(26)24(2)15-18-10-12-25(13-11-18)16-17-8-5-4-6-9-17/h4-6,8-9,14,18H,3,7,10-13,15-16H2,1-2H3,(H,22,23). The van der Waals surface area contributed by atoms with E-state index < -0.39 is 0 Å². The molecule has 1 aromatic heterocycles. The number of aryl methyl sites for hydroxylation is 1. The predicted octanol–water partition coefficient (Wildman–Crippen LogP) is 3.35. The Morgan fingerprint density at radius 1 is 1.27 bits per heavy atom. The number of aromatic nitrogens is 2. The molecule has 1 aromatic carbocycles. The zero-order valence-electron chi connectivity index (χ0n) is 15.9. The van der Waals surface area contributed by atoms with Crippen LogP contribution >= 0.6 is 0 Å². The zero-order chi connectivity index (χ0) is 18.4. The Morgan fingerprint density at radius 3 is 2.69 bits per heavy atom. The molecule has 2 heterocycles. The summed E-state index contributed by atoms with van der Waals surface area (Å²) >= 11 is 0. The van der Waals surface area contributed by atoms with Gasteiger partial charge in [0.2, 0.25) is 0 Å². The van der Waals surface area contributed by atoms with E-state index in [0.717, 1.165) is 63.1 Å². The molecule has 3 rings (SSSR count). The number of rotatable bonds is 7. The van der Waals surface area contributed by atoms with Crippen LogP contribution in [0.15, 0.2) is 36.5 Å². The number of carbonyl (C=O) groups excluding carboxylic acids is 1. The zero-order valence-corrected chi connectivity index (χ0v) is 15.9. The summed E-state index contributed by atoms with van der Waals surface area (Å²) in [6.07, 6.45) is 5.85. The summed E-state index contributed by atoms with van der Waals surface area (Å²) in [6.45, 7) is 6.18. The van der Waals surface area contributed by atoms with Crippen LogP contribution in [0.25, 0.3) is 0 Å². The van der Waals surface area contributed by atoms with Gasteiger partial charge in [-0.3, -0.25) is 14.8 Å². The summed E-state index contributed by atoms with van der Waals surface area (Å²) in [5, 5.41) is 7.03. The lowest BCUT2D eigenvalue weighted by Crippen LogP contribution is -2.39. The molecule has 1 amide bonds. The minimum absolute atomic E-state index is 0.0916. The van der Waals surface area contributed by atoms with Gasteiger partial charge >= 0.3 is 0 Å². The second-order valence-corrected chi connectivity index (χ2v) is 7.40. The minimum Gasteiger partial charge on any atom is -0.341 e. The molecule has 5 heteroatoms. The maximum absolute atomic E-state index is 12.7. The molecule has 140 valence electrons. The molecule has 0 saturated carbocycles. The second kappa shape index (κ2) is 8.99. The number of carbonyl (C=O) groups is 1. The highest BCUT2D eigenvalue weighted by Gasteiger charge is 2.24. The first-order valence-corrected chi connectivity index (χ1v) is 9.71. The summed E-state index contributed by atoms with van der Waals surface area (Å²) in [5.74, 6) is 0.673. The van der Waals surface area contributed by atoms with Gasteiger partial charge in [-0.2, -0.15) is 5.10 Å². The van der Waals surface area contributed by atoms with Gasteiger partial charge in [0.15, 0.2) is 0 Å². The number of hydrogen-bond acceptors (Lipinski definition) is 3. The molecular formula is C21H30N4O. The molecule has 2 aromatic rings. The fourth-order valence-electron chi connectivity index (χ4n) is 3.78. The number of H-pyrrole nitrogens is 1. The van der Waals surface area contributed by atoms with Gasteiger partial charge in [0, 0.05) is 25.8 Å². The van der Waals surface area contributed by atoms with Crippen LogP contribution in [0.4, 0.5) is 0 Å². The highest BCUT2D eigenvalue weighted by atomic mass is 16.2. The average Bonchev–Trinajstić information content (AvgIpc) is 3.12. The predicted molar refractivity (Wildman–Crippen MR) is 104 cm³/mol. The smallest absolute Gasteiger partial charge is 0.257 e. The van der Waals surface area contributed by atoms with Crippen molar-refractivity contribution in [3.8, 4) is 0 Å². The van der Waals surface area contributed by atoms with E-state index in [9.17, 15) is 4.79 Å². The largest absolute Gasteiger partial charge is 0.341 e. The van der Waals surface area contributed by atoms with Crippen molar-refractivity contribution in [2.24, 2.45) is 5.92 Å². The first-order chi connectivity index (χ1) is 12.7. The molecule has 26 heavy (non-hydrogen) atoms. The number of benzene rings is 1. The van der Waals surface area contributed by atoms with Crippen LogP contribution in [0.1, 0.15) is 47.8 Å². The molecule has 0 atom stereocenters. The first kappa shape index (κ1) is 18.6. The van der Waals surface area contributed by atoms with Crippen LogP contribution in [0.2, 0.25) is 0 Å². The summed E-state index contributed by atoms with van der Waals surface area (Å²) in [4.78, 5) is 17.1. The molecule has 1 fully saturated rings. The highest BCUT2D eigenvalue weighted by Crippen LogP contribution is 2.21. The van der Waals surface area contributed by atoms with Gasteiger partial charge < -0.3 is 4.90 Å². The van der Waals surface area contributed by atoms with Gasteiger partial charge in [-0.05, 0) is 43.8 Å². The number of amides is 1. The minimum atomic E-state index is 0.0916. The fourth-order valence-corrected chi connectivity index (χ4v) is 3.78. The monoisotopic (exact) mass is 354 g/mol. The van der Waals surface area contributed by atoms with Crippen molar-refractivity contribution in [3.05, 3.63) is 53.3 Å². The number of hydrogen-bond donors (Lipinski definition) is 1. The van der Waals surface area contributed by atoms with Gasteiger partial charge in [0.05, 0.1) is 11.8 Å². The summed E-state index contributed by atoms with van der Waals surface area (Å²) in [5.41, 5.74) is 3.07. The lowest BCUT2D eigenvalue weighted by Gasteiger charge is -2.34. The molecule has 0 aliphatic carbocycles. The summed E-state index contributed by atoms with van der Waals surface area (Å²) < 4.78 is 0. The van der Waals surface area contributed by atoms with Crippen LogP contribution in [0.5, 0.6) is 0 Å². The van der Waals surface area contributed by atoms with E-state index in [-0.39, 0.29) is 5.91 Å². The molecule has 0 spiro atoms. The van der Waals surface area contributed by atoms with E-state index in [4.69, 9.17) is 0 Å². The third kappa shape index (κ3) is 4.73. The van der Waals surface area contributed by atoms with E-state index in [2.05, 4.69) is 52.4 Å². The second-order valence-electron chi connectivity index (χ2n) is 7.40. The average molecular weight is 354 g/mol. The molecule has 0 bridgehead atoms. The quantitative estimate of drug-likeness (QED) is 0.830. The van der Waals surface area contributed by atoms with Gasteiger partial charge in [0.25, 0.3) is 5.91 Å². The molecule has 1 N–H and O–H groups in total. The van der Waals surface area contributed by atoms with E-state index in [0.29, 0.717) is 5.92 Å². The van der Waals surface area contributed by atoms with E-state index in [1.807, 2.05) is 11.9 Å². The molecule has 0 unspecified atom stereocenters. The Hall–Kier alpha value is -2.14. The summed E-state index contributed by atoms with van der Waals surface area (Å²) in [7, 11) is 1.92. The number of aromatic amines is 1. The highest BCUT2D eigenvalue weighted by molar-refractivity contribution is 5.94. The van der Waals surface area contributed by atoms with Crippen molar-refractivity contribution in [3.63, 3.8) is 0 Å². The summed E-state index contributed by atoms with van der Waals surface area (Å²) in [6, 6.07) is 10.7. The maximum atomic E-state index is 12.7. The third-order valence-corrected chi connectivity index (χ3v) is 5.28. The van der Waals surface area contributed by atoms with Crippen LogP contribution in [0, 0.1) is 5.92 Å². The molecule has 5 nitrogen and oxygen atoms in total. The van der Waals surface area contributed by atoms with E-state index in [1.165, 1.54) is 5.56 Å². The van der Waals surface area contributed by atoms with Crippen molar-refractivity contribution in [1.29, 1.82) is 0 Å². The first-order valence-electron chi connectivity index (χ1n) is 9.71. The van der Waals surface area contributed by atoms with Crippen molar-refractivity contribution in [2.75, 3.05) is 26.7 Å². The van der Waals surface area contributed by atoms with Gasteiger partial charge in [-0.15, -0.1) is 0 Å². The molecule has 1 aliphatic heterocycles. The SMILES string of the molecule is CCCc1[nH]ncc1C(=O)N(C)CC1CCN(Cc2ccccc2)CC1. The van der Waals surface area contributed by atoms with Crippen LogP contribution in [-0.2, 0) is 13.0 Å². The number of likely N-dealkylation sites (tertiary alicyclic amines) is 1. The Morgan fingerprint density at radius 2 is 2.00 bits per heavy atom. The Labute approximate surface area is 156 Å². The Bertz CT molecular complexity index is 689. The van der Waals surface area contributed by atoms with Crippen molar-refractivity contribution in [1.82, 2.24) is 20.0 Å². The molecular weight excluding hydrogens is 324 g/mol. The van der Waals surface area contributed by atoms with E-state index in [1.54, 1.807) is 6.20 Å². The lowest BCUT2D eigenvalue weighted by atomic mass is 9.95. The third-order valence-electron chi connectivity index (χ3n) is 5.28. The molecule has 0 radical (unpaired) electrons. The number of nitrogens with zero attached hydrogens (tertiary/aromatic N) is 3. The Kier molecular flexibility index (Phi) is 6.45. The maximum Gasteiger partial charge on any atom is 0.257 e. The van der Waals surface area contributed by atoms with Gasteiger partial charge in [-0.25, -0.2) is 0 Å². The van der Waals surface area contributed by atoms with Crippen LogP contribution < -0.4 is 0 Å². The Balaban J connectivity index is 1.48. The fraction of sp³-hybridized carbons (Fsp3) is 0.524. The molecule has 1 aliphatic rings. The number of piperidine rings is 1. The lowest BCUT2D eigenvalue weighted by molar-refractivity contribution is 0.0736. The number of nitrogens with one attached hydrogen (secondary N) is 1.